The smallest absolute Gasteiger partial charge is 0.204 e. The molecule has 6 heteroatoms. The van der Waals surface area contributed by atoms with Gasteiger partial charge in [0.05, 0.1) is 12.4 Å². The van der Waals surface area contributed by atoms with Gasteiger partial charge in [0, 0.05) is 23.8 Å². The Morgan fingerprint density at radius 3 is 2.84 bits per heavy atom. The van der Waals surface area contributed by atoms with E-state index in [1.54, 1.807) is 17.7 Å². The van der Waals surface area contributed by atoms with Crippen LogP contribution in [0.2, 0.25) is 5.02 Å². The van der Waals surface area contributed by atoms with Crippen LogP contribution in [0.5, 0.6) is 0 Å². The van der Waals surface area contributed by atoms with Gasteiger partial charge in [0.25, 0.3) is 0 Å². The zero-order chi connectivity index (χ0) is 14.0. The summed E-state index contributed by atoms with van der Waals surface area (Å²) in [5.41, 5.74) is -0.00399. The topological polar surface area (TPSA) is 58.7 Å². The average Bonchev–Trinajstić information content (AvgIpc) is 2.80. The second-order valence-corrected chi connectivity index (χ2v) is 4.39. The molecule has 0 aliphatic rings. The molecular weight excluding hydrogens is 269 g/mol. The number of hydrogen-bond donors (Lipinski definition) is 0. The van der Waals surface area contributed by atoms with Crippen LogP contribution in [0, 0.1) is 17.1 Å². The van der Waals surface area contributed by atoms with Gasteiger partial charge in [0.15, 0.2) is 0 Å². The van der Waals surface area contributed by atoms with Crippen molar-refractivity contribution in [3.63, 3.8) is 0 Å². The number of nitriles is 1. The molecule has 0 spiro atoms. The second-order valence-electron chi connectivity index (χ2n) is 3.99. The molecule has 0 saturated heterocycles. The third-order valence-electron chi connectivity index (χ3n) is 2.64. The highest BCUT2D eigenvalue weighted by Gasteiger charge is 2.28. The highest BCUT2D eigenvalue weighted by molar-refractivity contribution is 6.31. The lowest BCUT2D eigenvalue weighted by atomic mass is 9.94. The van der Waals surface area contributed by atoms with Crippen molar-refractivity contribution < 1.29 is 9.18 Å². The van der Waals surface area contributed by atoms with E-state index < -0.39 is 17.5 Å². The van der Waals surface area contributed by atoms with Crippen molar-refractivity contribution in [2.24, 2.45) is 7.05 Å². The molecule has 19 heavy (non-hydrogen) atoms. The molecule has 96 valence electrons. The Morgan fingerprint density at radius 2 is 2.32 bits per heavy atom. The number of rotatable bonds is 3. The van der Waals surface area contributed by atoms with E-state index in [0.29, 0.717) is 0 Å². The summed E-state index contributed by atoms with van der Waals surface area (Å²) in [6.07, 6.45) is 2.91. The molecule has 1 atom stereocenters. The molecule has 0 saturated carbocycles. The van der Waals surface area contributed by atoms with Crippen LogP contribution in [0.4, 0.5) is 4.39 Å². The van der Waals surface area contributed by atoms with Gasteiger partial charge < -0.3 is 4.57 Å². The molecule has 1 unspecified atom stereocenters. The van der Waals surface area contributed by atoms with Crippen LogP contribution >= 0.6 is 11.6 Å². The minimum absolute atomic E-state index is 0.0517. The number of carbonyl (C=O) groups excluding carboxylic acids is 1. The number of carbonyl (C=O) groups is 1. The second kappa shape index (κ2) is 5.21. The molecule has 0 fully saturated rings. The van der Waals surface area contributed by atoms with Crippen molar-refractivity contribution in [3.05, 3.63) is 52.8 Å². The third-order valence-corrected chi connectivity index (χ3v) is 2.97. The first kappa shape index (κ1) is 13.2. The maximum Gasteiger partial charge on any atom is 0.204 e. The monoisotopic (exact) mass is 277 g/mol. The fourth-order valence-electron chi connectivity index (χ4n) is 1.73. The summed E-state index contributed by atoms with van der Waals surface area (Å²) in [4.78, 5) is 16.0. The van der Waals surface area contributed by atoms with Gasteiger partial charge in [-0.1, -0.05) is 17.7 Å². The first-order valence-electron chi connectivity index (χ1n) is 5.40. The molecule has 1 aromatic carbocycles. The molecule has 0 aliphatic carbocycles. The minimum Gasteiger partial charge on any atom is -0.340 e. The fourth-order valence-corrected chi connectivity index (χ4v) is 2.00. The maximum absolute atomic E-state index is 13.8. The van der Waals surface area contributed by atoms with Gasteiger partial charge in [-0.15, -0.1) is 0 Å². The molecule has 4 nitrogen and oxygen atoms in total. The predicted molar refractivity (Wildman–Crippen MR) is 67.3 cm³/mol. The molecule has 2 aromatic rings. The van der Waals surface area contributed by atoms with Crippen molar-refractivity contribution >= 4 is 17.4 Å². The van der Waals surface area contributed by atoms with Gasteiger partial charge in [-0.3, -0.25) is 4.79 Å². The zero-order valence-electron chi connectivity index (χ0n) is 9.97. The van der Waals surface area contributed by atoms with Gasteiger partial charge in [-0.2, -0.15) is 5.26 Å². The molecule has 0 aliphatic heterocycles. The highest BCUT2D eigenvalue weighted by atomic mass is 35.5. The van der Waals surface area contributed by atoms with Crippen LogP contribution in [-0.4, -0.2) is 15.3 Å². The normalized spacial score (nSPS) is 11.9. The molecule has 0 radical (unpaired) electrons. The minimum atomic E-state index is -1.30. The lowest BCUT2D eigenvalue weighted by Crippen LogP contribution is -2.14. The van der Waals surface area contributed by atoms with Gasteiger partial charge >= 0.3 is 0 Å². The van der Waals surface area contributed by atoms with Crippen molar-refractivity contribution in [2.75, 3.05) is 0 Å². The Kier molecular flexibility index (Phi) is 3.63. The number of nitrogens with zero attached hydrogens (tertiary/aromatic N) is 3. The molecule has 0 bridgehead atoms. The van der Waals surface area contributed by atoms with Crippen LogP contribution < -0.4 is 0 Å². The predicted octanol–water partition coefficient (Wildman–Crippen LogP) is 2.70. The van der Waals surface area contributed by atoms with Crippen LogP contribution in [-0.2, 0) is 7.05 Å². The van der Waals surface area contributed by atoms with Gasteiger partial charge in [-0.05, 0) is 12.1 Å². The summed E-state index contributed by atoms with van der Waals surface area (Å²) < 4.78 is 15.3. The van der Waals surface area contributed by atoms with Crippen LogP contribution in [0.1, 0.15) is 22.0 Å². The molecule has 0 amide bonds. The molecule has 2 rings (SSSR count). The van der Waals surface area contributed by atoms with E-state index >= 15 is 0 Å². The number of aryl methyl sites for hydroxylation is 1. The Morgan fingerprint density at radius 1 is 1.58 bits per heavy atom. The molecule has 1 aromatic heterocycles. The lowest BCUT2D eigenvalue weighted by molar-refractivity contribution is 0.0973. The molecule has 1 heterocycles. The van der Waals surface area contributed by atoms with Crippen molar-refractivity contribution in [3.8, 4) is 6.07 Å². The molecular formula is C13H9ClFN3O. The van der Waals surface area contributed by atoms with E-state index in [0.717, 1.165) is 6.07 Å². The summed E-state index contributed by atoms with van der Waals surface area (Å²) in [6.45, 7) is 0. The summed E-state index contributed by atoms with van der Waals surface area (Å²) in [5.74, 6) is -2.55. The van der Waals surface area contributed by atoms with Crippen molar-refractivity contribution in [2.45, 2.75) is 5.92 Å². The summed E-state index contributed by atoms with van der Waals surface area (Å²) in [7, 11) is 1.70. The number of halogens is 2. The molecule has 0 N–H and O–H groups in total. The third kappa shape index (κ3) is 2.49. The first-order chi connectivity index (χ1) is 9.04. The van der Waals surface area contributed by atoms with E-state index in [1.165, 1.54) is 24.7 Å². The standard InChI is InChI=1S/C13H9ClFN3O/c1-18-6-11(17-7-18)13(19)8(5-16)12-9(14)3-2-4-10(12)15/h2-4,6-8H,1H3. The van der Waals surface area contributed by atoms with Crippen LogP contribution in [0.25, 0.3) is 0 Å². The van der Waals surface area contributed by atoms with Gasteiger partial charge in [-0.25, -0.2) is 9.37 Å². The first-order valence-corrected chi connectivity index (χ1v) is 5.78. The Labute approximate surface area is 114 Å². The van der Waals surface area contributed by atoms with E-state index in [9.17, 15) is 9.18 Å². The van der Waals surface area contributed by atoms with E-state index in [4.69, 9.17) is 16.9 Å². The number of ketones is 1. The lowest BCUT2D eigenvalue weighted by Gasteiger charge is -2.10. The Hall–Kier alpha value is -2.19. The number of Topliss-reactive ketones (excluding diaryl/α,β-unsaturated/α-hetero) is 1. The SMILES string of the molecule is Cn1cnc(C(=O)C(C#N)c2c(F)cccc2Cl)c1. The van der Waals surface area contributed by atoms with E-state index in [2.05, 4.69) is 4.98 Å². The average molecular weight is 278 g/mol. The number of imidazole rings is 1. The number of benzene rings is 1. The number of aromatic nitrogens is 2. The zero-order valence-corrected chi connectivity index (χ0v) is 10.7. The summed E-state index contributed by atoms with van der Waals surface area (Å²) in [6, 6.07) is 5.81. The van der Waals surface area contributed by atoms with E-state index in [1.807, 2.05) is 0 Å². The van der Waals surface area contributed by atoms with Gasteiger partial charge in [0.2, 0.25) is 5.78 Å². The van der Waals surface area contributed by atoms with E-state index in [-0.39, 0.29) is 16.3 Å². The summed E-state index contributed by atoms with van der Waals surface area (Å²) >= 11 is 5.87. The van der Waals surface area contributed by atoms with Gasteiger partial charge in [0.1, 0.15) is 17.4 Å². The quantitative estimate of drug-likeness (QED) is 0.811. The Bertz CT molecular complexity index is 655. The van der Waals surface area contributed by atoms with Crippen molar-refractivity contribution in [1.82, 2.24) is 9.55 Å². The largest absolute Gasteiger partial charge is 0.340 e. The summed E-state index contributed by atoms with van der Waals surface area (Å²) in [5, 5.41) is 9.19. The van der Waals surface area contributed by atoms with Crippen molar-refractivity contribution in [1.29, 1.82) is 5.26 Å². The fraction of sp³-hybridized carbons (Fsp3) is 0.154. The van der Waals surface area contributed by atoms with Crippen LogP contribution in [0.3, 0.4) is 0 Å². The Balaban J connectivity index is 2.47. The highest BCUT2D eigenvalue weighted by Crippen LogP contribution is 2.29. The maximum atomic E-state index is 13.8. The van der Waals surface area contributed by atoms with Crippen LogP contribution in [0.15, 0.2) is 30.7 Å². The number of hydrogen-bond acceptors (Lipinski definition) is 3.